The highest BCUT2D eigenvalue weighted by molar-refractivity contribution is 5.96. The third-order valence-corrected chi connectivity index (χ3v) is 4.58. The number of benzene rings is 2. The predicted molar refractivity (Wildman–Crippen MR) is 102 cm³/mol. The normalized spacial score (nSPS) is 12.6. The van der Waals surface area contributed by atoms with Crippen LogP contribution in [0, 0.1) is 0 Å². The highest BCUT2D eigenvalue weighted by Crippen LogP contribution is 2.31. The zero-order chi connectivity index (χ0) is 21.9. The van der Waals surface area contributed by atoms with Gasteiger partial charge >= 0.3 is 12.1 Å². The lowest BCUT2D eigenvalue weighted by atomic mass is 10.0. The summed E-state index contributed by atoms with van der Waals surface area (Å²) in [6.07, 6.45) is -4.40. The molecule has 2 aromatic carbocycles. The Morgan fingerprint density at radius 1 is 1.17 bits per heavy atom. The summed E-state index contributed by atoms with van der Waals surface area (Å²) in [7, 11) is 1.52. The van der Waals surface area contributed by atoms with E-state index >= 15 is 0 Å². The molecule has 158 valence electrons. The van der Waals surface area contributed by atoms with E-state index in [9.17, 15) is 23.1 Å². The van der Waals surface area contributed by atoms with Gasteiger partial charge in [-0.25, -0.2) is 4.79 Å². The second kappa shape index (κ2) is 8.58. The topological polar surface area (TPSA) is 84.6 Å². The van der Waals surface area contributed by atoms with Crippen LogP contribution in [-0.2, 0) is 12.7 Å². The fourth-order valence-corrected chi connectivity index (χ4v) is 2.93. The van der Waals surface area contributed by atoms with Crippen LogP contribution in [0.3, 0.4) is 0 Å². The quantitative estimate of drug-likeness (QED) is 0.565. The number of alkyl halides is 3. The summed E-state index contributed by atoms with van der Waals surface area (Å²) in [5, 5.41) is 16.6. The fourth-order valence-electron chi connectivity index (χ4n) is 2.93. The SMILES string of the molecule is COc1ccc(-c2noc(C(C)NCc3ccc(C(F)(F)F)cc3)c2C(=O)O)cc1. The third kappa shape index (κ3) is 4.62. The molecule has 0 amide bonds. The number of carboxylic acid groups (broad SMARTS) is 1. The molecule has 0 radical (unpaired) electrons. The third-order valence-electron chi connectivity index (χ3n) is 4.58. The number of methoxy groups -OCH3 is 1. The number of rotatable bonds is 7. The number of aromatic nitrogens is 1. The van der Waals surface area contributed by atoms with E-state index in [0.717, 1.165) is 12.1 Å². The van der Waals surface area contributed by atoms with Crippen molar-refractivity contribution in [3.8, 4) is 17.0 Å². The Balaban J connectivity index is 1.78. The maximum atomic E-state index is 12.7. The number of carboxylic acids is 1. The molecule has 0 aliphatic rings. The van der Waals surface area contributed by atoms with Gasteiger partial charge in [-0.1, -0.05) is 17.3 Å². The minimum Gasteiger partial charge on any atom is -0.497 e. The van der Waals surface area contributed by atoms with E-state index in [1.807, 2.05) is 0 Å². The van der Waals surface area contributed by atoms with Crippen LogP contribution in [0.4, 0.5) is 13.2 Å². The molecule has 0 saturated heterocycles. The van der Waals surface area contributed by atoms with Crippen molar-refractivity contribution in [1.82, 2.24) is 10.5 Å². The molecule has 0 aliphatic carbocycles. The van der Waals surface area contributed by atoms with Crippen LogP contribution in [0.5, 0.6) is 5.75 Å². The first-order valence-electron chi connectivity index (χ1n) is 8.97. The standard InChI is InChI=1S/C21H19F3N2O4/c1-12(25-11-13-3-7-15(8-4-13)21(22,23)24)19-17(20(27)28)18(26-30-19)14-5-9-16(29-2)10-6-14/h3-10,12,25H,11H2,1-2H3,(H,27,28). The average molecular weight is 420 g/mol. The largest absolute Gasteiger partial charge is 0.497 e. The van der Waals surface area contributed by atoms with Gasteiger partial charge in [0.1, 0.15) is 17.0 Å². The van der Waals surface area contributed by atoms with Crippen LogP contribution in [0.25, 0.3) is 11.3 Å². The fraction of sp³-hybridized carbons (Fsp3) is 0.238. The van der Waals surface area contributed by atoms with Gasteiger partial charge in [0.2, 0.25) is 0 Å². The summed E-state index contributed by atoms with van der Waals surface area (Å²) in [4.78, 5) is 11.9. The maximum absolute atomic E-state index is 12.7. The van der Waals surface area contributed by atoms with Crippen molar-refractivity contribution in [3.63, 3.8) is 0 Å². The molecule has 1 aromatic heterocycles. The molecule has 0 spiro atoms. The molecule has 9 heteroatoms. The summed E-state index contributed by atoms with van der Waals surface area (Å²) in [6, 6.07) is 10.9. The number of carbonyl (C=O) groups is 1. The van der Waals surface area contributed by atoms with Crippen LogP contribution in [0.2, 0.25) is 0 Å². The van der Waals surface area contributed by atoms with Crippen molar-refractivity contribution in [2.24, 2.45) is 0 Å². The van der Waals surface area contributed by atoms with Crippen molar-refractivity contribution in [2.75, 3.05) is 7.11 Å². The highest BCUT2D eigenvalue weighted by atomic mass is 19.4. The lowest BCUT2D eigenvalue weighted by molar-refractivity contribution is -0.137. The lowest BCUT2D eigenvalue weighted by Crippen LogP contribution is -2.20. The molecule has 30 heavy (non-hydrogen) atoms. The molecule has 1 atom stereocenters. The molecule has 3 rings (SSSR count). The number of hydrogen-bond acceptors (Lipinski definition) is 5. The number of halogens is 3. The van der Waals surface area contributed by atoms with Gasteiger partial charge in [-0.3, -0.25) is 0 Å². The zero-order valence-corrected chi connectivity index (χ0v) is 16.2. The molecular weight excluding hydrogens is 401 g/mol. The van der Waals surface area contributed by atoms with Crippen molar-refractivity contribution in [2.45, 2.75) is 25.7 Å². The molecule has 1 unspecified atom stereocenters. The van der Waals surface area contributed by atoms with Crippen LogP contribution in [0.15, 0.2) is 53.1 Å². The smallest absolute Gasteiger partial charge is 0.416 e. The van der Waals surface area contributed by atoms with E-state index in [2.05, 4.69) is 10.5 Å². The van der Waals surface area contributed by atoms with Crippen molar-refractivity contribution < 1.29 is 32.3 Å². The van der Waals surface area contributed by atoms with Crippen molar-refractivity contribution in [1.29, 1.82) is 0 Å². The number of ether oxygens (including phenoxy) is 1. The first-order valence-corrected chi connectivity index (χ1v) is 8.97. The van der Waals surface area contributed by atoms with Crippen LogP contribution in [-0.4, -0.2) is 23.3 Å². The Morgan fingerprint density at radius 3 is 2.33 bits per heavy atom. The van der Waals surface area contributed by atoms with Gasteiger partial charge in [0.05, 0.1) is 18.7 Å². The molecular formula is C21H19F3N2O4. The summed E-state index contributed by atoms with van der Waals surface area (Å²) in [6.45, 7) is 1.91. The van der Waals surface area contributed by atoms with Gasteiger partial charge in [-0.2, -0.15) is 13.2 Å². The summed E-state index contributed by atoms with van der Waals surface area (Å²) in [5.41, 5.74) is 0.544. The zero-order valence-electron chi connectivity index (χ0n) is 16.2. The van der Waals surface area contributed by atoms with Gasteiger partial charge in [0.25, 0.3) is 0 Å². The van der Waals surface area contributed by atoms with Gasteiger partial charge in [-0.15, -0.1) is 0 Å². The predicted octanol–water partition coefficient (Wildman–Crippen LogP) is 4.92. The molecule has 0 saturated carbocycles. The minimum atomic E-state index is -4.40. The number of aromatic carboxylic acids is 1. The van der Waals surface area contributed by atoms with E-state index in [4.69, 9.17) is 9.26 Å². The Kier molecular flexibility index (Phi) is 6.12. The molecule has 0 fully saturated rings. The highest BCUT2D eigenvalue weighted by Gasteiger charge is 2.30. The first-order chi connectivity index (χ1) is 14.2. The number of nitrogens with zero attached hydrogens (tertiary/aromatic N) is 1. The second-order valence-corrected chi connectivity index (χ2v) is 6.60. The number of nitrogens with one attached hydrogen (secondary N) is 1. The molecule has 6 nitrogen and oxygen atoms in total. The van der Waals surface area contributed by atoms with Crippen LogP contribution < -0.4 is 10.1 Å². The Bertz CT molecular complexity index is 1010. The average Bonchev–Trinajstić information content (AvgIpc) is 3.17. The second-order valence-electron chi connectivity index (χ2n) is 6.60. The van der Waals surface area contributed by atoms with Gasteiger partial charge < -0.3 is 19.7 Å². The van der Waals surface area contributed by atoms with Crippen LogP contribution in [0.1, 0.15) is 40.2 Å². The molecule has 1 heterocycles. The Morgan fingerprint density at radius 2 is 1.80 bits per heavy atom. The van der Waals surface area contributed by atoms with Gasteiger partial charge in [0, 0.05) is 12.1 Å². The molecule has 0 bridgehead atoms. The van der Waals surface area contributed by atoms with Gasteiger partial charge in [-0.05, 0) is 48.9 Å². The Hall–Kier alpha value is -3.33. The van der Waals surface area contributed by atoms with Crippen molar-refractivity contribution in [3.05, 3.63) is 71.0 Å². The maximum Gasteiger partial charge on any atom is 0.416 e. The monoisotopic (exact) mass is 420 g/mol. The summed E-state index contributed by atoms with van der Waals surface area (Å²) in [5.74, 6) is -0.452. The molecule has 2 N–H and O–H groups in total. The summed E-state index contributed by atoms with van der Waals surface area (Å²) >= 11 is 0. The van der Waals surface area contributed by atoms with E-state index in [-0.39, 0.29) is 23.6 Å². The van der Waals surface area contributed by atoms with Gasteiger partial charge in [0.15, 0.2) is 5.76 Å². The Labute approximate surface area is 170 Å². The van der Waals surface area contributed by atoms with Crippen molar-refractivity contribution >= 4 is 5.97 Å². The lowest BCUT2D eigenvalue weighted by Gasteiger charge is -2.13. The molecule has 0 aliphatic heterocycles. The number of hydrogen-bond donors (Lipinski definition) is 2. The van der Waals surface area contributed by atoms with E-state index in [1.54, 1.807) is 31.2 Å². The summed E-state index contributed by atoms with van der Waals surface area (Å²) < 4.78 is 48.4. The van der Waals surface area contributed by atoms with E-state index in [1.165, 1.54) is 19.2 Å². The first kappa shape index (κ1) is 21.4. The van der Waals surface area contributed by atoms with Crippen LogP contribution >= 0.6 is 0 Å². The molecule has 3 aromatic rings. The minimum absolute atomic E-state index is 0.0763. The van der Waals surface area contributed by atoms with E-state index in [0.29, 0.717) is 16.9 Å². The van der Waals surface area contributed by atoms with E-state index < -0.39 is 23.8 Å².